The lowest BCUT2D eigenvalue weighted by Gasteiger charge is -2.09. The highest BCUT2D eigenvalue weighted by Crippen LogP contribution is 2.05. The van der Waals surface area contributed by atoms with E-state index in [1.165, 1.54) is 18.3 Å². The number of rotatable bonds is 5. The monoisotopic (exact) mass is 220 g/mol. The van der Waals surface area contributed by atoms with Crippen LogP contribution < -0.4 is 5.32 Å². The molecule has 1 atom stereocenters. The van der Waals surface area contributed by atoms with Crippen molar-refractivity contribution in [2.45, 2.75) is 12.5 Å². The van der Waals surface area contributed by atoms with Crippen molar-refractivity contribution < 1.29 is 15.0 Å². The van der Waals surface area contributed by atoms with E-state index in [0.29, 0.717) is 5.82 Å². The second-order valence-electron chi connectivity index (χ2n) is 3.18. The van der Waals surface area contributed by atoms with Gasteiger partial charge in [0, 0.05) is 19.2 Å². The molecule has 1 aromatic rings. The number of carboxylic acids is 1. The average Bonchev–Trinajstić information content (AvgIpc) is 2.27. The van der Waals surface area contributed by atoms with E-state index < -0.39 is 12.1 Å². The minimum atomic E-state index is -1.02. The zero-order chi connectivity index (χ0) is 12.0. The number of hydrogen-bond donors (Lipinski definition) is 3. The van der Waals surface area contributed by atoms with Gasteiger partial charge in [-0.05, 0) is 12.1 Å². The summed E-state index contributed by atoms with van der Waals surface area (Å²) in [7, 11) is 0. The van der Waals surface area contributed by atoms with Gasteiger partial charge in [0.2, 0.25) is 0 Å². The lowest BCUT2D eigenvalue weighted by Crippen LogP contribution is -2.19. The molecular weight excluding hydrogens is 208 g/mol. The standard InChI is InChI=1S/C11H12N2O3/c1-2-3-9(14)7-13-10-5-4-8(6-12-10)11(15)16/h1,4-6,9,14H,3,7H2,(H,12,13)(H,15,16). The zero-order valence-electron chi connectivity index (χ0n) is 8.55. The van der Waals surface area contributed by atoms with E-state index in [-0.39, 0.29) is 18.5 Å². The Bertz CT molecular complexity index is 395. The molecule has 5 heteroatoms. The predicted molar refractivity (Wildman–Crippen MR) is 59.1 cm³/mol. The van der Waals surface area contributed by atoms with Crippen molar-refractivity contribution >= 4 is 11.8 Å². The first kappa shape index (κ1) is 12.0. The Morgan fingerprint density at radius 3 is 2.88 bits per heavy atom. The van der Waals surface area contributed by atoms with Gasteiger partial charge in [-0.25, -0.2) is 9.78 Å². The first-order valence-electron chi connectivity index (χ1n) is 4.68. The molecule has 0 aliphatic rings. The van der Waals surface area contributed by atoms with Crippen molar-refractivity contribution in [1.29, 1.82) is 0 Å². The van der Waals surface area contributed by atoms with Gasteiger partial charge in [0.1, 0.15) is 5.82 Å². The largest absolute Gasteiger partial charge is 0.478 e. The van der Waals surface area contributed by atoms with Gasteiger partial charge >= 0.3 is 5.97 Å². The number of carbonyl (C=O) groups is 1. The van der Waals surface area contributed by atoms with Crippen molar-refractivity contribution in [1.82, 2.24) is 4.98 Å². The quantitative estimate of drug-likeness (QED) is 0.632. The number of aromatic carboxylic acids is 1. The van der Waals surface area contributed by atoms with Gasteiger partial charge in [-0.1, -0.05) is 0 Å². The molecule has 0 saturated heterocycles. The molecule has 0 aromatic carbocycles. The number of aliphatic hydroxyl groups is 1. The van der Waals surface area contributed by atoms with E-state index in [1.54, 1.807) is 0 Å². The summed E-state index contributed by atoms with van der Waals surface area (Å²) < 4.78 is 0. The summed E-state index contributed by atoms with van der Waals surface area (Å²) >= 11 is 0. The number of aromatic nitrogens is 1. The van der Waals surface area contributed by atoms with Gasteiger partial charge < -0.3 is 15.5 Å². The van der Waals surface area contributed by atoms with Gasteiger partial charge in [0.05, 0.1) is 11.7 Å². The smallest absolute Gasteiger partial charge is 0.337 e. The molecule has 0 radical (unpaired) electrons. The summed E-state index contributed by atoms with van der Waals surface area (Å²) in [5.74, 6) is 1.82. The lowest BCUT2D eigenvalue weighted by atomic mass is 10.2. The van der Waals surface area contributed by atoms with E-state index >= 15 is 0 Å². The lowest BCUT2D eigenvalue weighted by molar-refractivity contribution is 0.0696. The van der Waals surface area contributed by atoms with E-state index in [9.17, 15) is 9.90 Å². The molecule has 0 saturated carbocycles. The summed E-state index contributed by atoms with van der Waals surface area (Å²) in [4.78, 5) is 14.4. The third-order valence-electron chi connectivity index (χ3n) is 1.88. The number of hydrogen-bond acceptors (Lipinski definition) is 4. The number of anilines is 1. The number of carboxylic acid groups (broad SMARTS) is 1. The molecule has 0 spiro atoms. The molecule has 0 amide bonds. The molecule has 0 bridgehead atoms. The van der Waals surface area contributed by atoms with E-state index in [1.807, 2.05) is 0 Å². The Kier molecular flexibility index (Phi) is 4.30. The Morgan fingerprint density at radius 1 is 1.62 bits per heavy atom. The minimum Gasteiger partial charge on any atom is -0.478 e. The first-order chi connectivity index (χ1) is 7.63. The molecule has 16 heavy (non-hydrogen) atoms. The van der Waals surface area contributed by atoms with E-state index in [4.69, 9.17) is 11.5 Å². The topological polar surface area (TPSA) is 82.5 Å². The van der Waals surface area contributed by atoms with Crippen LogP contribution in [0.4, 0.5) is 5.82 Å². The van der Waals surface area contributed by atoms with Crippen LogP contribution in [0.1, 0.15) is 16.8 Å². The SMILES string of the molecule is C#CCC(O)CNc1ccc(C(=O)O)cn1. The summed E-state index contributed by atoms with van der Waals surface area (Å²) in [5.41, 5.74) is 0.120. The van der Waals surface area contributed by atoms with E-state index in [2.05, 4.69) is 16.2 Å². The highest BCUT2D eigenvalue weighted by atomic mass is 16.4. The molecule has 3 N–H and O–H groups in total. The fraction of sp³-hybridized carbons (Fsp3) is 0.273. The van der Waals surface area contributed by atoms with Gasteiger partial charge in [0.15, 0.2) is 0 Å². The van der Waals surface area contributed by atoms with Crippen LogP contribution in [-0.4, -0.2) is 33.8 Å². The fourth-order valence-corrected chi connectivity index (χ4v) is 1.06. The van der Waals surface area contributed by atoms with Crippen LogP contribution >= 0.6 is 0 Å². The predicted octanol–water partition coefficient (Wildman–Crippen LogP) is 0.576. The molecular formula is C11H12N2O3. The number of aliphatic hydroxyl groups excluding tert-OH is 1. The molecule has 84 valence electrons. The second-order valence-corrected chi connectivity index (χ2v) is 3.18. The summed E-state index contributed by atoms with van der Waals surface area (Å²) in [6.07, 6.45) is 5.91. The van der Waals surface area contributed by atoms with Crippen molar-refractivity contribution in [3.05, 3.63) is 23.9 Å². The Morgan fingerprint density at radius 2 is 2.38 bits per heavy atom. The molecule has 0 aliphatic carbocycles. The van der Waals surface area contributed by atoms with Gasteiger partial charge in [-0.15, -0.1) is 12.3 Å². The summed E-state index contributed by atoms with van der Waals surface area (Å²) in [6, 6.07) is 2.97. The third-order valence-corrected chi connectivity index (χ3v) is 1.88. The zero-order valence-corrected chi connectivity index (χ0v) is 8.55. The maximum absolute atomic E-state index is 10.5. The van der Waals surface area contributed by atoms with Crippen LogP contribution in [0.15, 0.2) is 18.3 Å². The summed E-state index contributed by atoms with van der Waals surface area (Å²) in [5, 5.41) is 20.8. The average molecular weight is 220 g/mol. The molecule has 5 nitrogen and oxygen atoms in total. The first-order valence-corrected chi connectivity index (χ1v) is 4.68. The molecule has 1 aromatic heterocycles. The van der Waals surface area contributed by atoms with Crippen molar-refractivity contribution in [2.24, 2.45) is 0 Å². The number of nitrogens with one attached hydrogen (secondary N) is 1. The number of pyridine rings is 1. The Balaban J connectivity index is 2.50. The molecule has 1 rings (SSSR count). The van der Waals surface area contributed by atoms with Crippen LogP contribution in [0.2, 0.25) is 0 Å². The van der Waals surface area contributed by atoms with Gasteiger partial charge in [-0.3, -0.25) is 0 Å². The second kappa shape index (κ2) is 5.73. The highest BCUT2D eigenvalue weighted by molar-refractivity contribution is 5.87. The highest BCUT2D eigenvalue weighted by Gasteiger charge is 2.04. The third kappa shape index (κ3) is 3.59. The minimum absolute atomic E-state index is 0.120. The Hall–Kier alpha value is -2.06. The van der Waals surface area contributed by atoms with Gasteiger partial charge in [-0.2, -0.15) is 0 Å². The van der Waals surface area contributed by atoms with Crippen molar-refractivity contribution in [3.8, 4) is 12.3 Å². The fourth-order valence-electron chi connectivity index (χ4n) is 1.06. The molecule has 0 fully saturated rings. The maximum atomic E-state index is 10.5. The van der Waals surface area contributed by atoms with Crippen molar-refractivity contribution in [2.75, 3.05) is 11.9 Å². The number of nitrogens with zero attached hydrogens (tertiary/aromatic N) is 1. The summed E-state index contributed by atoms with van der Waals surface area (Å²) in [6.45, 7) is 0.281. The number of terminal acetylenes is 1. The van der Waals surface area contributed by atoms with Gasteiger partial charge in [0.25, 0.3) is 0 Å². The maximum Gasteiger partial charge on any atom is 0.337 e. The van der Waals surface area contributed by atoms with Crippen LogP contribution in [-0.2, 0) is 0 Å². The van der Waals surface area contributed by atoms with Crippen molar-refractivity contribution in [3.63, 3.8) is 0 Å². The normalized spacial score (nSPS) is 11.5. The van der Waals surface area contributed by atoms with E-state index in [0.717, 1.165) is 0 Å². The molecule has 0 aliphatic heterocycles. The van der Waals surface area contributed by atoms with Crippen LogP contribution in [0.5, 0.6) is 0 Å². The Labute approximate surface area is 93.1 Å². The van der Waals surface area contributed by atoms with Crippen LogP contribution in [0, 0.1) is 12.3 Å². The van der Waals surface area contributed by atoms with Crippen LogP contribution in [0.3, 0.4) is 0 Å². The molecule has 1 unspecified atom stereocenters. The molecule has 1 heterocycles. The van der Waals surface area contributed by atoms with Crippen LogP contribution in [0.25, 0.3) is 0 Å².